The van der Waals surface area contributed by atoms with Crippen LogP contribution in [0.25, 0.3) is 0 Å². The Balaban J connectivity index is 1.87. The Morgan fingerprint density at radius 3 is 3.09 bits per heavy atom. The van der Waals surface area contributed by atoms with Crippen LogP contribution in [0.5, 0.6) is 0 Å². The summed E-state index contributed by atoms with van der Waals surface area (Å²) < 4.78 is 6.91. The predicted molar refractivity (Wildman–Crippen MR) is 79.4 cm³/mol. The Labute approximate surface area is 127 Å². The second kappa shape index (κ2) is 6.10. The summed E-state index contributed by atoms with van der Waals surface area (Å²) in [7, 11) is 1.60. The Morgan fingerprint density at radius 1 is 1.50 bits per heavy atom. The normalized spacial score (nSPS) is 17.0. The number of nitro benzene ring substituents is 1. The molecule has 0 aliphatic carbocycles. The molecule has 1 aliphatic heterocycles. The lowest BCUT2D eigenvalue weighted by atomic mass is 10.1. The third-order valence-corrected chi connectivity index (χ3v) is 3.62. The Kier molecular flexibility index (Phi) is 4.01. The van der Waals surface area contributed by atoms with Gasteiger partial charge in [-0.1, -0.05) is 12.1 Å². The molecule has 1 aromatic carbocycles. The number of nitrogens with zero attached hydrogens (tertiary/aromatic N) is 4. The first-order valence-corrected chi connectivity index (χ1v) is 7.11. The number of hydrogen-bond donors (Lipinski definition) is 1. The molecule has 8 nitrogen and oxygen atoms in total. The van der Waals surface area contributed by atoms with Gasteiger partial charge in [-0.2, -0.15) is 5.10 Å². The maximum atomic E-state index is 11.1. The van der Waals surface area contributed by atoms with Crippen LogP contribution >= 0.6 is 0 Å². The van der Waals surface area contributed by atoms with Gasteiger partial charge in [0.2, 0.25) is 0 Å². The Hall–Kier alpha value is -2.48. The minimum absolute atomic E-state index is 0.0660. The summed E-state index contributed by atoms with van der Waals surface area (Å²) >= 11 is 0. The van der Waals surface area contributed by atoms with Gasteiger partial charge in [0.15, 0.2) is 5.82 Å². The highest BCUT2D eigenvalue weighted by Crippen LogP contribution is 2.31. The molecule has 0 fully saturated rings. The average Bonchev–Trinajstić information content (AvgIpc) is 2.92. The number of aryl methyl sites for hydroxylation is 1. The monoisotopic (exact) mass is 303 g/mol. The average molecular weight is 303 g/mol. The van der Waals surface area contributed by atoms with Crippen molar-refractivity contribution in [2.45, 2.75) is 32.0 Å². The minimum Gasteiger partial charge on any atom is -0.377 e. The van der Waals surface area contributed by atoms with Gasteiger partial charge in [-0.05, 0) is 18.9 Å². The van der Waals surface area contributed by atoms with Crippen molar-refractivity contribution in [3.05, 3.63) is 46.0 Å². The third kappa shape index (κ3) is 2.77. The summed E-state index contributed by atoms with van der Waals surface area (Å²) in [6.45, 7) is 1.17. The fourth-order valence-corrected chi connectivity index (χ4v) is 2.67. The zero-order chi connectivity index (χ0) is 15.5. The van der Waals surface area contributed by atoms with E-state index in [0.717, 1.165) is 25.2 Å². The molecule has 1 N–H and O–H groups in total. The first kappa shape index (κ1) is 14.5. The van der Waals surface area contributed by atoms with Gasteiger partial charge in [0.25, 0.3) is 5.69 Å². The highest BCUT2D eigenvalue weighted by Gasteiger charge is 2.26. The summed E-state index contributed by atoms with van der Waals surface area (Å²) in [4.78, 5) is 15.2. The fourth-order valence-electron chi connectivity index (χ4n) is 2.67. The molecule has 2 aromatic rings. The van der Waals surface area contributed by atoms with Crippen molar-refractivity contribution >= 4 is 11.4 Å². The molecule has 2 heterocycles. The highest BCUT2D eigenvalue weighted by molar-refractivity contribution is 5.61. The van der Waals surface area contributed by atoms with E-state index < -0.39 is 0 Å². The van der Waals surface area contributed by atoms with Crippen molar-refractivity contribution in [2.75, 3.05) is 12.4 Å². The molecule has 1 aliphatic rings. The zero-order valence-corrected chi connectivity index (χ0v) is 12.2. The number of aromatic nitrogens is 3. The number of hydrogen-bond acceptors (Lipinski definition) is 6. The molecule has 0 saturated heterocycles. The first-order chi connectivity index (χ1) is 10.7. The molecule has 3 rings (SSSR count). The van der Waals surface area contributed by atoms with Crippen molar-refractivity contribution < 1.29 is 9.66 Å². The van der Waals surface area contributed by atoms with Gasteiger partial charge in [0.05, 0.1) is 11.0 Å². The molecule has 22 heavy (non-hydrogen) atoms. The molecular weight excluding hydrogens is 286 g/mol. The van der Waals surface area contributed by atoms with Crippen LogP contribution in [0.15, 0.2) is 24.3 Å². The smallest absolute Gasteiger partial charge is 0.292 e. The topological polar surface area (TPSA) is 95.1 Å². The van der Waals surface area contributed by atoms with Gasteiger partial charge in [-0.25, -0.2) is 9.67 Å². The first-order valence-electron chi connectivity index (χ1n) is 7.11. The highest BCUT2D eigenvalue weighted by atomic mass is 16.6. The summed E-state index contributed by atoms with van der Waals surface area (Å²) in [5.74, 6) is 1.44. The number of rotatable bonds is 5. The van der Waals surface area contributed by atoms with Gasteiger partial charge in [-0.15, -0.1) is 0 Å². The van der Waals surface area contributed by atoms with E-state index in [1.165, 1.54) is 6.07 Å². The molecule has 1 unspecified atom stereocenters. The van der Waals surface area contributed by atoms with Gasteiger partial charge < -0.3 is 10.1 Å². The van der Waals surface area contributed by atoms with E-state index in [0.29, 0.717) is 18.1 Å². The van der Waals surface area contributed by atoms with Crippen molar-refractivity contribution in [3.8, 4) is 0 Å². The van der Waals surface area contributed by atoms with Gasteiger partial charge >= 0.3 is 0 Å². The summed E-state index contributed by atoms with van der Waals surface area (Å²) in [5, 5.41) is 18.7. The lowest BCUT2D eigenvalue weighted by Crippen LogP contribution is -2.23. The van der Waals surface area contributed by atoms with E-state index in [2.05, 4.69) is 15.4 Å². The standard InChI is InChI=1S/C14H17N5O3/c1-22-9-13-16-14-11(6-4-8-18(14)17-13)15-10-5-2-3-7-12(10)19(20)21/h2-3,5,7,11,15H,4,6,8-9H2,1H3. The number of nitrogens with one attached hydrogen (secondary N) is 1. The van der Waals surface area contributed by atoms with Crippen LogP contribution in [0.4, 0.5) is 11.4 Å². The van der Waals surface area contributed by atoms with E-state index in [1.807, 2.05) is 4.68 Å². The Bertz CT molecular complexity index is 685. The van der Waals surface area contributed by atoms with Crippen LogP contribution in [0.3, 0.4) is 0 Å². The molecule has 0 spiro atoms. The van der Waals surface area contributed by atoms with E-state index in [9.17, 15) is 10.1 Å². The number of fused-ring (bicyclic) bond motifs is 1. The molecule has 8 heteroatoms. The molecular formula is C14H17N5O3. The van der Waals surface area contributed by atoms with Gasteiger partial charge in [-0.3, -0.25) is 10.1 Å². The summed E-state index contributed by atoms with van der Waals surface area (Å²) in [6, 6.07) is 6.55. The van der Waals surface area contributed by atoms with E-state index in [-0.39, 0.29) is 16.7 Å². The van der Waals surface area contributed by atoms with Crippen molar-refractivity contribution in [3.63, 3.8) is 0 Å². The van der Waals surface area contributed by atoms with Crippen molar-refractivity contribution in [1.82, 2.24) is 14.8 Å². The predicted octanol–water partition coefficient (Wildman–Crippen LogP) is 2.28. The number of anilines is 1. The number of nitro groups is 1. The molecule has 116 valence electrons. The van der Waals surface area contributed by atoms with Crippen LogP contribution in [0, 0.1) is 10.1 Å². The quantitative estimate of drug-likeness (QED) is 0.672. The van der Waals surface area contributed by atoms with Crippen molar-refractivity contribution in [2.24, 2.45) is 0 Å². The third-order valence-electron chi connectivity index (χ3n) is 3.62. The van der Waals surface area contributed by atoms with Crippen molar-refractivity contribution in [1.29, 1.82) is 0 Å². The number of benzene rings is 1. The van der Waals surface area contributed by atoms with Crippen LogP contribution in [0.2, 0.25) is 0 Å². The second-order valence-corrected chi connectivity index (χ2v) is 5.16. The molecule has 1 aromatic heterocycles. The maximum absolute atomic E-state index is 11.1. The van der Waals surface area contributed by atoms with E-state index >= 15 is 0 Å². The van der Waals surface area contributed by atoms with Crippen LogP contribution in [-0.4, -0.2) is 26.8 Å². The second-order valence-electron chi connectivity index (χ2n) is 5.16. The SMILES string of the molecule is COCc1nc2n(n1)CCCC2Nc1ccccc1[N+](=O)[O-]. The molecule has 0 amide bonds. The van der Waals surface area contributed by atoms with Crippen LogP contribution in [-0.2, 0) is 17.9 Å². The van der Waals surface area contributed by atoms with Crippen LogP contribution < -0.4 is 5.32 Å². The number of ether oxygens (including phenoxy) is 1. The van der Waals surface area contributed by atoms with E-state index in [1.54, 1.807) is 25.3 Å². The van der Waals surface area contributed by atoms with Gasteiger partial charge in [0.1, 0.15) is 18.1 Å². The minimum atomic E-state index is -0.383. The number of methoxy groups -OCH3 is 1. The van der Waals surface area contributed by atoms with Crippen LogP contribution in [0.1, 0.15) is 30.5 Å². The molecule has 1 atom stereocenters. The number of para-hydroxylation sites is 2. The molecule has 0 radical (unpaired) electrons. The summed E-state index contributed by atoms with van der Waals surface area (Å²) in [5.41, 5.74) is 0.568. The lowest BCUT2D eigenvalue weighted by molar-refractivity contribution is -0.384. The zero-order valence-electron chi connectivity index (χ0n) is 12.2. The maximum Gasteiger partial charge on any atom is 0.292 e. The van der Waals surface area contributed by atoms with Gasteiger partial charge in [0, 0.05) is 19.7 Å². The fraction of sp³-hybridized carbons (Fsp3) is 0.429. The lowest BCUT2D eigenvalue weighted by Gasteiger charge is -2.23. The molecule has 0 saturated carbocycles. The Morgan fingerprint density at radius 2 is 2.32 bits per heavy atom. The summed E-state index contributed by atoms with van der Waals surface area (Å²) in [6.07, 6.45) is 1.80. The largest absolute Gasteiger partial charge is 0.377 e. The van der Waals surface area contributed by atoms with E-state index in [4.69, 9.17) is 4.74 Å². The molecule has 0 bridgehead atoms.